The van der Waals surface area contributed by atoms with Gasteiger partial charge in [0.05, 0.1) is 22.9 Å². The van der Waals surface area contributed by atoms with Crippen molar-refractivity contribution in [2.45, 2.75) is 31.9 Å². The van der Waals surface area contributed by atoms with Crippen LogP contribution in [0.1, 0.15) is 25.8 Å². The van der Waals surface area contributed by atoms with Crippen molar-refractivity contribution in [1.82, 2.24) is 0 Å². The Hall–Kier alpha value is -1.24. The normalized spacial score (nSPS) is 27.8. The molecule has 0 saturated carbocycles. The maximum absolute atomic E-state index is 9.07. The molecule has 1 aliphatic heterocycles. The molecule has 1 saturated heterocycles. The van der Waals surface area contributed by atoms with Crippen molar-refractivity contribution in [2.24, 2.45) is 0 Å². The van der Waals surface area contributed by atoms with E-state index in [1.54, 1.807) is 18.2 Å². The molecule has 3 nitrogen and oxygen atoms in total. The number of nitriles is 1. The molecular weight excluding hydrogens is 236 g/mol. The van der Waals surface area contributed by atoms with Gasteiger partial charge in [0, 0.05) is 11.6 Å². The molecule has 17 heavy (non-hydrogen) atoms. The average Bonchev–Trinajstić information content (AvgIpc) is 2.59. The molecule has 1 heterocycles. The van der Waals surface area contributed by atoms with Gasteiger partial charge in [0.2, 0.25) is 0 Å². The molecule has 0 bridgehead atoms. The Morgan fingerprint density at radius 1 is 1.59 bits per heavy atom. The predicted molar refractivity (Wildman–Crippen MR) is 68.2 cm³/mol. The Morgan fingerprint density at radius 2 is 2.35 bits per heavy atom. The van der Waals surface area contributed by atoms with E-state index < -0.39 is 0 Å². The second kappa shape index (κ2) is 4.56. The fourth-order valence-corrected chi connectivity index (χ4v) is 2.20. The van der Waals surface area contributed by atoms with E-state index in [9.17, 15) is 0 Å². The van der Waals surface area contributed by atoms with E-state index in [2.05, 4.69) is 18.3 Å². The van der Waals surface area contributed by atoms with Crippen LogP contribution in [0.25, 0.3) is 0 Å². The highest BCUT2D eigenvalue weighted by atomic mass is 35.5. The van der Waals surface area contributed by atoms with Crippen LogP contribution in [-0.2, 0) is 4.74 Å². The largest absolute Gasteiger partial charge is 0.376 e. The molecule has 1 aromatic rings. The maximum atomic E-state index is 9.07. The summed E-state index contributed by atoms with van der Waals surface area (Å²) in [7, 11) is 0. The van der Waals surface area contributed by atoms with Crippen LogP contribution in [0.4, 0.5) is 5.69 Å². The molecule has 2 unspecified atom stereocenters. The lowest BCUT2D eigenvalue weighted by molar-refractivity contribution is 0.105. The van der Waals surface area contributed by atoms with Crippen LogP contribution in [0.3, 0.4) is 0 Å². The third-order valence-corrected chi connectivity index (χ3v) is 3.64. The second-order valence-electron chi connectivity index (χ2n) is 4.61. The topological polar surface area (TPSA) is 45.0 Å². The van der Waals surface area contributed by atoms with Crippen LogP contribution in [0.2, 0.25) is 5.02 Å². The molecule has 90 valence electrons. The van der Waals surface area contributed by atoms with Crippen molar-refractivity contribution in [3.8, 4) is 6.07 Å². The molecule has 0 amide bonds. The summed E-state index contributed by atoms with van der Waals surface area (Å²) < 4.78 is 5.57. The van der Waals surface area contributed by atoms with E-state index in [1.165, 1.54) is 0 Å². The molecule has 1 N–H and O–H groups in total. The predicted octanol–water partition coefficient (Wildman–Crippen LogP) is 3.19. The minimum atomic E-state index is -0.143. The third-order valence-electron chi connectivity index (χ3n) is 3.41. The molecule has 0 aromatic heterocycles. The molecule has 0 aliphatic carbocycles. The minimum absolute atomic E-state index is 0.119. The smallest absolute Gasteiger partial charge is 0.101 e. The molecule has 1 aromatic carbocycles. The van der Waals surface area contributed by atoms with Gasteiger partial charge in [-0.15, -0.1) is 0 Å². The highest BCUT2D eigenvalue weighted by Gasteiger charge is 2.37. The zero-order valence-corrected chi connectivity index (χ0v) is 10.7. The van der Waals surface area contributed by atoms with Crippen molar-refractivity contribution >= 4 is 17.3 Å². The van der Waals surface area contributed by atoms with E-state index in [0.29, 0.717) is 10.6 Å². The van der Waals surface area contributed by atoms with E-state index in [0.717, 1.165) is 18.7 Å². The highest BCUT2D eigenvalue weighted by molar-refractivity contribution is 6.30. The van der Waals surface area contributed by atoms with Gasteiger partial charge >= 0.3 is 0 Å². The summed E-state index contributed by atoms with van der Waals surface area (Å²) in [6, 6.07) is 7.41. The molecule has 1 fully saturated rings. The Labute approximate surface area is 106 Å². The number of benzene rings is 1. The van der Waals surface area contributed by atoms with Crippen LogP contribution in [-0.4, -0.2) is 18.2 Å². The third kappa shape index (κ3) is 2.38. The van der Waals surface area contributed by atoms with Crippen LogP contribution < -0.4 is 5.32 Å². The Morgan fingerprint density at radius 3 is 2.94 bits per heavy atom. The van der Waals surface area contributed by atoms with Gasteiger partial charge in [0.15, 0.2) is 0 Å². The number of rotatable bonds is 2. The Balaban J connectivity index is 2.30. The Bertz CT molecular complexity index is 469. The van der Waals surface area contributed by atoms with Gasteiger partial charge in [-0.25, -0.2) is 0 Å². The summed E-state index contributed by atoms with van der Waals surface area (Å²) in [5.74, 6) is 0. The van der Waals surface area contributed by atoms with Crippen LogP contribution in [0, 0.1) is 11.3 Å². The highest BCUT2D eigenvalue weighted by Crippen LogP contribution is 2.31. The van der Waals surface area contributed by atoms with Crippen molar-refractivity contribution in [2.75, 3.05) is 11.9 Å². The first-order chi connectivity index (χ1) is 8.05. The maximum Gasteiger partial charge on any atom is 0.101 e. The average molecular weight is 251 g/mol. The lowest BCUT2D eigenvalue weighted by Gasteiger charge is -2.30. The van der Waals surface area contributed by atoms with Crippen molar-refractivity contribution < 1.29 is 4.74 Å². The first-order valence-corrected chi connectivity index (χ1v) is 6.02. The molecular formula is C13H15ClN2O. The van der Waals surface area contributed by atoms with Gasteiger partial charge in [-0.2, -0.15) is 5.26 Å². The summed E-state index contributed by atoms with van der Waals surface area (Å²) >= 11 is 5.96. The standard InChI is InChI=1S/C13H15ClN2O/c1-9-13(2,5-6-17-9)16-12-7-11(14)4-3-10(12)8-15/h3-4,7,9,16H,5-6H2,1-2H3. The molecule has 2 atom stereocenters. The van der Waals surface area contributed by atoms with Gasteiger partial charge in [-0.1, -0.05) is 11.6 Å². The Kier molecular flexibility index (Phi) is 3.28. The number of hydrogen-bond acceptors (Lipinski definition) is 3. The lowest BCUT2D eigenvalue weighted by Crippen LogP contribution is -2.41. The summed E-state index contributed by atoms with van der Waals surface area (Å²) in [4.78, 5) is 0. The summed E-state index contributed by atoms with van der Waals surface area (Å²) in [6.07, 6.45) is 1.04. The van der Waals surface area contributed by atoms with Crippen LogP contribution >= 0.6 is 11.6 Å². The van der Waals surface area contributed by atoms with Gasteiger partial charge < -0.3 is 10.1 Å². The second-order valence-corrected chi connectivity index (χ2v) is 5.04. The van der Waals surface area contributed by atoms with Gasteiger partial charge in [-0.3, -0.25) is 0 Å². The SMILES string of the molecule is CC1OCCC1(C)Nc1cc(Cl)ccc1C#N. The minimum Gasteiger partial charge on any atom is -0.376 e. The van der Waals surface area contributed by atoms with E-state index in [1.807, 2.05) is 6.92 Å². The first-order valence-electron chi connectivity index (χ1n) is 5.64. The van der Waals surface area contributed by atoms with E-state index in [-0.39, 0.29) is 11.6 Å². The number of anilines is 1. The van der Waals surface area contributed by atoms with E-state index in [4.69, 9.17) is 21.6 Å². The molecule has 1 aliphatic rings. The molecule has 0 spiro atoms. The fraction of sp³-hybridized carbons (Fsp3) is 0.462. The fourth-order valence-electron chi connectivity index (χ4n) is 2.02. The van der Waals surface area contributed by atoms with Gasteiger partial charge in [0.25, 0.3) is 0 Å². The zero-order chi connectivity index (χ0) is 12.5. The summed E-state index contributed by atoms with van der Waals surface area (Å²) in [5.41, 5.74) is 1.24. The molecule has 0 radical (unpaired) electrons. The quantitative estimate of drug-likeness (QED) is 0.877. The van der Waals surface area contributed by atoms with Gasteiger partial charge in [-0.05, 0) is 38.5 Å². The lowest BCUT2D eigenvalue weighted by atomic mass is 9.94. The zero-order valence-electron chi connectivity index (χ0n) is 9.96. The van der Waals surface area contributed by atoms with E-state index >= 15 is 0 Å². The number of nitrogens with one attached hydrogen (secondary N) is 1. The summed E-state index contributed by atoms with van der Waals surface area (Å²) in [5, 5.41) is 13.1. The number of halogens is 1. The number of nitrogens with zero attached hydrogens (tertiary/aromatic N) is 1. The van der Waals surface area contributed by atoms with Crippen LogP contribution in [0.15, 0.2) is 18.2 Å². The molecule has 2 rings (SSSR count). The summed E-state index contributed by atoms with van der Waals surface area (Å²) in [6.45, 7) is 4.89. The van der Waals surface area contributed by atoms with Crippen molar-refractivity contribution in [3.05, 3.63) is 28.8 Å². The van der Waals surface area contributed by atoms with Crippen LogP contribution in [0.5, 0.6) is 0 Å². The number of hydrogen-bond donors (Lipinski definition) is 1. The monoisotopic (exact) mass is 250 g/mol. The van der Waals surface area contributed by atoms with Crippen molar-refractivity contribution in [3.63, 3.8) is 0 Å². The molecule has 4 heteroatoms. The number of ether oxygens (including phenoxy) is 1. The van der Waals surface area contributed by atoms with Gasteiger partial charge in [0.1, 0.15) is 6.07 Å². The first kappa shape index (κ1) is 12.2. The van der Waals surface area contributed by atoms with Crippen molar-refractivity contribution in [1.29, 1.82) is 5.26 Å².